The van der Waals surface area contributed by atoms with Crippen molar-refractivity contribution in [1.82, 2.24) is 0 Å². The minimum Gasteiger partial charge on any atom is -0.204 e. The Morgan fingerprint density at radius 1 is 1.22 bits per heavy atom. The lowest BCUT2D eigenvalue weighted by Crippen LogP contribution is -1.80. The van der Waals surface area contributed by atoms with Crippen LogP contribution in [0, 0.1) is 6.26 Å². The first-order valence-corrected chi connectivity index (χ1v) is 3.89. The average molecular weight is 139 g/mol. The van der Waals surface area contributed by atoms with Crippen molar-refractivity contribution in [2.24, 2.45) is 0 Å². The van der Waals surface area contributed by atoms with Crippen molar-refractivity contribution in [1.29, 1.82) is 0 Å². The number of hydrogen-bond donors (Lipinski definition) is 0. The Bertz CT molecular complexity index is 205. The van der Waals surface area contributed by atoms with Gasteiger partial charge in [0, 0.05) is 0 Å². The maximum Gasteiger partial charge on any atom is 0.230 e. The molecule has 0 N–H and O–H groups in total. The monoisotopic (exact) mass is 139 g/mol. The van der Waals surface area contributed by atoms with E-state index in [1.807, 2.05) is 18.2 Å². The highest BCUT2D eigenvalue weighted by molar-refractivity contribution is 7.86. The summed E-state index contributed by atoms with van der Waals surface area (Å²) in [6.07, 6.45) is 3.38. The molecular weight excluding hydrogens is 132 g/mol. The molecule has 0 amide bonds. The Morgan fingerprint density at radius 2 is 1.78 bits per heavy atom. The Morgan fingerprint density at radius 3 is 2.11 bits per heavy atom. The molecule has 0 saturated heterocycles. The van der Waals surface area contributed by atoms with Crippen molar-refractivity contribution in [2.45, 2.75) is 4.90 Å². The lowest BCUT2D eigenvalue weighted by molar-refractivity contribution is 0.688. The van der Waals surface area contributed by atoms with Crippen LogP contribution in [0.25, 0.3) is 0 Å². The molecule has 0 bridgehead atoms. The predicted molar refractivity (Wildman–Crippen MR) is 38.2 cm³/mol. The summed E-state index contributed by atoms with van der Waals surface area (Å²) >= 11 is 0. The molecule has 0 spiro atoms. The number of rotatable bonds is 1. The lowest BCUT2D eigenvalue weighted by Gasteiger charge is -1.85. The van der Waals surface area contributed by atoms with Crippen LogP contribution < -0.4 is 0 Å². The largest absolute Gasteiger partial charge is 0.230 e. The summed E-state index contributed by atoms with van der Waals surface area (Å²) in [5.74, 6) is 0. The van der Waals surface area contributed by atoms with E-state index in [9.17, 15) is 4.21 Å². The van der Waals surface area contributed by atoms with Crippen LogP contribution in [0.2, 0.25) is 0 Å². The van der Waals surface area contributed by atoms with Gasteiger partial charge in [0.05, 0.1) is 4.90 Å². The van der Waals surface area contributed by atoms with Crippen molar-refractivity contribution in [3.8, 4) is 0 Å². The molecule has 0 radical (unpaired) electrons. The molecular formula is C7H7OS+. The van der Waals surface area contributed by atoms with E-state index in [0.717, 1.165) is 4.90 Å². The zero-order valence-electron chi connectivity index (χ0n) is 4.91. The van der Waals surface area contributed by atoms with E-state index in [4.69, 9.17) is 0 Å². The van der Waals surface area contributed by atoms with Gasteiger partial charge in [-0.25, -0.2) is 4.21 Å². The van der Waals surface area contributed by atoms with Crippen molar-refractivity contribution < 1.29 is 4.21 Å². The fraction of sp³-hybridized carbons (Fsp3) is 0. The summed E-state index contributed by atoms with van der Waals surface area (Å²) in [6, 6.07) is 9.17. The van der Waals surface area contributed by atoms with Crippen molar-refractivity contribution in [2.75, 3.05) is 0 Å². The molecule has 1 nitrogen and oxygen atoms in total. The maximum atomic E-state index is 10.6. The summed E-state index contributed by atoms with van der Waals surface area (Å²) < 4.78 is 10.6. The van der Waals surface area contributed by atoms with Crippen LogP contribution in [0.15, 0.2) is 35.2 Å². The predicted octanol–water partition coefficient (Wildman–Crippen LogP) is 1.59. The molecule has 1 unspecified atom stereocenters. The third-order valence-electron chi connectivity index (χ3n) is 1.01. The van der Waals surface area contributed by atoms with Gasteiger partial charge in [0.25, 0.3) is 0 Å². The Balaban J connectivity index is 2.98. The van der Waals surface area contributed by atoms with Gasteiger partial charge < -0.3 is 0 Å². The first-order chi connectivity index (χ1) is 4.30. The quantitative estimate of drug-likeness (QED) is 0.540. The highest BCUT2D eigenvalue weighted by atomic mass is 32.2. The Hall–Kier alpha value is -0.760. The zero-order valence-corrected chi connectivity index (χ0v) is 5.73. The Kier molecular flexibility index (Phi) is 1.90. The second kappa shape index (κ2) is 2.69. The van der Waals surface area contributed by atoms with Gasteiger partial charge in [0.15, 0.2) is 6.26 Å². The topological polar surface area (TPSA) is 17.1 Å². The van der Waals surface area contributed by atoms with E-state index in [1.54, 1.807) is 12.1 Å². The van der Waals surface area contributed by atoms with Crippen LogP contribution in [-0.4, -0.2) is 4.21 Å². The summed E-state index contributed by atoms with van der Waals surface area (Å²) in [6.45, 7) is 0. The lowest BCUT2D eigenvalue weighted by atomic mass is 10.4. The zero-order chi connectivity index (χ0) is 6.69. The standard InChI is InChI=1S/C7H7OS/c1-9(8)7-5-3-2-4-6-7/h2-6H,1H2/q+1. The van der Waals surface area contributed by atoms with Gasteiger partial charge in [-0.1, -0.05) is 18.2 Å². The van der Waals surface area contributed by atoms with Gasteiger partial charge in [0.1, 0.15) is 0 Å². The van der Waals surface area contributed by atoms with Crippen molar-refractivity contribution in [3.63, 3.8) is 0 Å². The first kappa shape index (κ1) is 6.36. The molecule has 0 heterocycles. The highest BCUT2D eigenvalue weighted by Gasteiger charge is 1.98. The summed E-state index contributed by atoms with van der Waals surface area (Å²) in [5, 5.41) is 0. The van der Waals surface area contributed by atoms with Gasteiger partial charge in [-0.3, -0.25) is 0 Å². The van der Waals surface area contributed by atoms with Crippen LogP contribution >= 0.6 is 0 Å². The fourth-order valence-electron chi connectivity index (χ4n) is 0.572. The molecule has 46 valence electrons. The summed E-state index contributed by atoms with van der Waals surface area (Å²) in [4.78, 5) is 0.775. The maximum absolute atomic E-state index is 10.6. The van der Waals surface area contributed by atoms with E-state index in [0.29, 0.717) is 0 Å². The number of hydrogen-bond acceptors (Lipinski definition) is 1. The molecule has 0 aromatic heterocycles. The second-order valence-electron chi connectivity index (χ2n) is 1.66. The van der Waals surface area contributed by atoms with Gasteiger partial charge >= 0.3 is 0 Å². The second-order valence-corrected chi connectivity index (χ2v) is 2.82. The van der Waals surface area contributed by atoms with E-state index >= 15 is 0 Å². The van der Waals surface area contributed by atoms with Crippen LogP contribution in [0.3, 0.4) is 0 Å². The van der Waals surface area contributed by atoms with Gasteiger partial charge in [-0.15, -0.1) is 0 Å². The fourth-order valence-corrected chi connectivity index (χ4v) is 1.03. The minimum atomic E-state index is -1.08. The third kappa shape index (κ3) is 1.57. The molecule has 0 fully saturated rings. The minimum absolute atomic E-state index is 0.775. The van der Waals surface area contributed by atoms with Crippen molar-refractivity contribution >= 4 is 10.8 Å². The van der Waals surface area contributed by atoms with Crippen LogP contribution in [0.1, 0.15) is 0 Å². The molecule has 0 aliphatic rings. The Labute approximate surface area is 57.2 Å². The molecule has 0 aliphatic carbocycles. The van der Waals surface area contributed by atoms with E-state index in [-0.39, 0.29) is 0 Å². The van der Waals surface area contributed by atoms with E-state index < -0.39 is 10.8 Å². The molecule has 0 saturated carbocycles. The molecule has 1 rings (SSSR count). The van der Waals surface area contributed by atoms with Gasteiger partial charge in [-0.2, -0.15) is 0 Å². The smallest absolute Gasteiger partial charge is 0.204 e. The molecule has 2 heteroatoms. The van der Waals surface area contributed by atoms with Gasteiger partial charge in [-0.05, 0) is 12.1 Å². The van der Waals surface area contributed by atoms with Crippen LogP contribution in [-0.2, 0) is 10.8 Å². The summed E-state index contributed by atoms with van der Waals surface area (Å²) in [5.41, 5.74) is 0. The summed E-state index contributed by atoms with van der Waals surface area (Å²) in [7, 11) is -1.08. The van der Waals surface area contributed by atoms with E-state index in [2.05, 4.69) is 6.26 Å². The molecule has 1 atom stereocenters. The SMILES string of the molecule is [CH2+]S(=O)c1ccccc1. The van der Waals surface area contributed by atoms with Crippen molar-refractivity contribution in [3.05, 3.63) is 36.6 Å². The van der Waals surface area contributed by atoms with Gasteiger partial charge in [0.2, 0.25) is 10.8 Å². The molecule has 1 aromatic carbocycles. The average Bonchev–Trinajstić information content (AvgIpc) is 1.90. The van der Waals surface area contributed by atoms with E-state index in [1.165, 1.54) is 0 Å². The normalized spacial score (nSPS) is 12.9. The van der Waals surface area contributed by atoms with Crippen LogP contribution in [0.4, 0.5) is 0 Å². The third-order valence-corrected chi connectivity index (χ3v) is 1.80. The van der Waals surface area contributed by atoms with Crippen LogP contribution in [0.5, 0.6) is 0 Å². The molecule has 0 aliphatic heterocycles. The molecule has 9 heavy (non-hydrogen) atoms. The number of benzene rings is 1. The highest BCUT2D eigenvalue weighted by Crippen LogP contribution is 2.02. The molecule has 1 aromatic rings. The first-order valence-electron chi connectivity index (χ1n) is 2.57.